The van der Waals surface area contributed by atoms with E-state index in [1.807, 2.05) is 0 Å². The molecule has 5 nitrogen and oxygen atoms in total. The standard InChI is InChI=1S/C6H11NO4/c1-4(8)11-6(2,10-3)5(7)9/h1-3H3,(H2,7,9). The van der Waals surface area contributed by atoms with E-state index >= 15 is 0 Å². The van der Waals surface area contributed by atoms with Crippen LogP contribution in [0.2, 0.25) is 0 Å². The highest BCUT2D eigenvalue weighted by atomic mass is 16.7. The van der Waals surface area contributed by atoms with Crippen LogP contribution in [0.1, 0.15) is 13.8 Å². The molecule has 0 fully saturated rings. The Morgan fingerprint density at radius 3 is 2.00 bits per heavy atom. The molecule has 0 aromatic rings. The number of primary amides is 1. The molecule has 0 heterocycles. The highest BCUT2D eigenvalue weighted by molar-refractivity contribution is 5.84. The van der Waals surface area contributed by atoms with Crippen LogP contribution in [0, 0.1) is 0 Å². The van der Waals surface area contributed by atoms with Crippen molar-refractivity contribution in [2.45, 2.75) is 19.6 Å². The molecule has 5 heteroatoms. The maximum Gasteiger partial charge on any atom is 0.305 e. The molecule has 0 aromatic carbocycles. The SMILES string of the molecule is COC(C)(OC(C)=O)C(N)=O. The summed E-state index contributed by atoms with van der Waals surface area (Å²) in [4.78, 5) is 21.0. The predicted molar refractivity (Wildman–Crippen MR) is 36.4 cm³/mol. The van der Waals surface area contributed by atoms with Gasteiger partial charge in [-0.2, -0.15) is 0 Å². The van der Waals surface area contributed by atoms with Crippen LogP contribution in [-0.2, 0) is 19.1 Å². The predicted octanol–water partition coefficient (Wildman–Crippen LogP) is -0.603. The van der Waals surface area contributed by atoms with Crippen molar-refractivity contribution in [1.29, 1.82) is 0 Å². The molecule has 0 spiro atoms. The van der Waals surface area contributed by atoms with Crippen molar-refractivity contribution in [2.24, 2.45) is 5.73 Å². The molecule has 0 saturated carbocycles. The number of ether oxygens (including phenoxy) is 2. The number of hydrogen-bond donors (Lipinski definition) is 1. The van der Waals surface area contributed by atoms with Gasteiger partial charge in [0.05, 0.1) is 0 Å². The zero-order valence-corrected chi connectivity index (χ0v) is 6.71. The van der Waals surface area contributed by atoms with E-state index in [0.29, 0.717) is 0 Å². The summed E-state index contributed by atoms with van der Waals surface area (Å²) < 4.78 is 9.11. The van der Waals surface area contributed by atoms with Crippen molar-refractivity contribution < 1.29 is 19.1 Å². The van der Waals surface area contributed by atoms with Crippen LogP contribution in [0.5, 0.6) is 0 Å². The number of amides is 1. The maximum atomic E-state index is 10.6. The molecule has 64 valence electrons. The van der Waals surface area contributed by atoms with Crippen molar-refractivity contribution in [3.05, 3.63) is 0 Å². The summed E-state index contributed by atoms with van der Waals surface area (Å²) in [5, 5.41) is 0. The number of nitrogens with two attached hydrogens (primary N) is 1. The third kappa shape index (κ3) is 2.55. The monoisotopic (exact) mass is 161 g/mol. The lowest BCUT2D eigenvalue weighted by molar-refractivity contribution is -0.210. The number of hydrogen-bond acceptors (Lipinski definition) is 4. The summed E-state index contributed by atoms with van der Waals surface area (Å²) in [5.41, 5.74) is 4.89. The molecule has 1 unspecified atom stereocenters. The summed E-state index contributed by atoms with van der Waals surface area (Å²) in [6, 6.07) is 0. The first-order valence-corrected chi connectivity index (χ1v) is 2.97. The van der Waals surface area contributed by atoms with E-state index in [9.17, 15) is 9.59 Å². The third-order valence-electron chi connectivity index (χ3n) is 1.18. The van der Waals surface area contributed by atoms with Crippen LogP contribution in [0.15, 0.2) is 0 Å². The molecule has 0 aliphatic heterocycles. The van der Waals surface area contributed by atoms with Gasteiger partial charge in [0.15, 0.2) is 0 Å². The van der Waals surface area contributed by atoms with Crippen LogP contribution >= 0.6 is 0 Å². The molecule has 1 atom stereocenters. The van der Waals surface area contributed by atoms with Gasteiger partial charge in [0.1, 0.15) is 0 Å². The van der Waals surface area contributed by atoms with Crippen molar-refractivity contribution in [3.8, 4) is 0 Å². The number of rotatable bonds is 3. The Kier molecular flexibility index (Phi) is 3.00. The normalized spacial score (nSPS) is 15.2. The summed E-state index contributed by atoms with van der Waals surface area (Å²) in [6.45, 7) is 2.44. The molecule has 11 heavy (non-hydrogen) atoms. The van der Waals surface area contributed by atoms with E-state index in [1.54, 1.807) is 0 Å². The number of esters is 1. The molecule has 2 N–H and O–H groups in total. The van der Waals surface area contributed by atoms with E-state index in [0.717, 1.165) is 0 Å². The zero-order chi connectivity index (χ0) is 9.07. The summed E-state index contributed by atoms with van der Waals surface area (Å²) in [6.07, 6.45) is 0. The second-order valence-electron chi connectivity index (χ2n) is 2.11. The first kappa shape index (κ1) is 9.90. The second-order valence-corrected chi connectivity index (χ2v) is 2.11. The van der Waals surface area contributed by atoms with Crippen molar-refractivity contribution in [1.82, 2.24) is 0 Å². The molecule has 0 aliphatic carbocycles. The molecule has 1 amide bonds. The van der Waals surface area contributed by atoms with Gasteiger partial charge in [-0.25, -0.2) is 0 Å². The molecule has 0 bridgehead atoms. The highest BCUT2D eigenvalue weighted by Gasteiger charge is 2.34. The molecule has 0 saturated heterocycles. The molecule has 0 radical (unpaired) electrons. The Hall–Kier alpha value is -1.10. The smallest absolute Gasteiger partial charge is 0.305 e. The first-order valence-electron chi connectivity index (χ1n) is 2.97. The fourth-order valence-electron chi connectivity index (χ4n) is 0.467. The highest BCUT2D eigenvalue weighted by Crippen LogP contribution is 2.09. The van der Waals surface area contributed by atoms with E-state index in [2.05, 4.69) is 9.47 Å². The van der Waals surface area contributed by atoms with Gasteiger partial charge in [0.2, 0.25) is 0 Å². The van der Waals surface area contributed by atoms with Gasteiger partial charge >= 0.3 is 5.97 Å². The number of methoxy groups -OCH3 is 1. The van der Waals surface area contributed by atoms with Crippen LogP contribution in [0.3, 0.4) is 0 Å². The van der Waals surface area contributed by atoms with Gasteiger partial charge in [0, 0.05) is 21.0 Å². The minimum absolute atomic E-state index is 0.617. The summed E-state index contributed by atoms with van der Waals surface area (Å²) >= 11 is 0. The fraction of sp³-hybridized carbons (Fsp3) is 0.667. The number of carbonyl (C=O) groups excluding carboxylic acids is 2. The third-order valence-corrected chi connectivity index (χ3v) is 1.18. The van der Waals surface area contributed by atoms with Crippen LogP contribution in [0.25, 0.3) is 0 Å². The van der Waals surface area contributed by atoms with E-state index in [4.69, 9.17) is 5.73 Å². The second kappa shape index (κ2) is 3.34. The average molecular weight is 161 g/mol. The molecule has 0 aromatic heterocycles. The van der Waals surface area contributed by atoms with Crippen molar-refractivity contribution in [3.63, 3.8) is 0 Å². The van der Waals surface area contributed by atoms with Gasteiger partial charge in [0.25, 0.3) is 11.7 Å². The van der Waals surface area contributed by atoms with Gasteiger partial charge in [-0.3, -0.25) is 9.59 Å². The minimum atomic E-state index is -1.65. The maximum absolute atomic E-state index is 10.6. The molecule has 0 rings (SSSR count). The number of carbonyl (C=O) groups is 2. The Balaban J connectivity index is 4.34. The van der Waals surface area contributed by atoms with Crippen LogP contribution in [-0.4, -0.2) is 24.8 Å². The fourth-order valence-corrected chi connectivity index (χ4v) is 0.467. The quantitative estimate of drug-likeness (QED) is 0.442. The Morgan fingerprint density at radius 2 is 1.91 bits per heavy atom. The van der Waals surface area contributed by atoms with Gasteiger partial charge < -0.3 is 15.2 Å². The van der Waals surface area contributed by atoms with Gasteiger partial charge in [-0.1, -0.05) is 0 Å². The van der Waals surface area contributed by atoms with Gasteiger partial charge in [-0.05, 0) is 0 Å². The molecular weight excluding hydrogens is 150 g/mol. The van der Waals surface area contributed by atoms with Crippen molar-refractivity contribution in [2.75, 3.05) is 7.11 Å². The minimum Gasteiger partial charge on any atom is -0.424 e. The Morgan fingerprint density at radius 1 is 1.45 bits per heavy atom. The van der Waals surface area contributed by atoms with Crippen LogP contribution in [0.4, 0.5) is 0 Å². The van der Waals surface area contributed by atoms with Crippen molar-refractivity contribution >= 4 is 11.9 Å². The topological polar surface area (TPSA) is 78.6 Å². The van der Waals surface area contributed by atoms with Crippen LogP contribution < -0.4 is 5.73 Å². The zero-order valence-electron chi connectivity index (χ0n) is 6.71. The van der Waals surface area contributed by atoms with E-state index in [-0.39, 0.29) is 0 Å². The van der Waals surface area contributed by atoms with E-state index < -0.39 is 17.7 Å². The average Bonchev–Trinajstić information content (AvgIpc) is 1.86. The molecule has 0 aliphatic rings. The largest absolute Gasteiger partial charge is 0.424 e. The summed E-state index contributed by atoms with van der Waals surface area (Å²) in [7, 11) is 1.23. The Bertz CT molecular complexity index is 179. The molecular formula is C6H11NO4. The first-order chi connectivity index (χ1) is 4.92. The summed E-state index contributed by atoms with van der Waals surface area (Å²) in [5.74, 6) is -3.10. The lowest BCUT2D eigenvalue weighted by Crippen LogP contribution is -2.46. The lowest BCUT2D eigenvalue weighted by atomic mass is 10.3. The Labute approximate surface area is 64.5 Å². The van der Waals surface area contributed by atoms with E-state index in [1.165, 1.54) is 21.0 Å². The lowest BCUT2D eigenvalue weighted by Gasteiger charge is -2.22. The van der Waals surface area contributed by atoms with Gasteiger partial charge in [-0.15, -0.1) is 0 Å².